The quantitative estimate of drug-likeness (QED) is 0.601. The Kier molecular flexibility index (Phi) is 5.52. The van der Waals surface area contributed by atoms with Gasteiger partial charge in [0.25, 0.3) is 0 Å². The molecule has 3 aromatic rings. The summed E-state index contributed by atoms with van der Waals surface area (Å²) in [5.74, 6) is 1.16. The van der Waals surface area contributed by atoms with Crippen LogP contribution in [0, 0.1) is 13.8 Å². The van der Waals surface area contributed by atoms with Gasteiger partial charge in [0.2, 0.25) is 17.8 Å². The van der Waals surface area contributed by atoms with Gasteiger partial charge in [0, 0.05) is 17.8 Å². The lowest BCUT2D eigenvalue weighted by atomic mass is 10.1. The third kappa shape index (κ3) is 5.10. The predicted molar refractivity (Wildman–Crippen MR) is 98.9 cm³/mol. The Labute approximate surface area is 151 Å². The number of hydrogen-bond donors (Lipinski definition) is 3. The van der Waals surface area contributed by atoms with Crippen LogP contribution in [0.1, 0.15) is 22.8 Å². The van der Waals surface area contributed by atoms with Gasteiger partial charge in [-0.1, -0.05) is 30.3 Å². The van der Waals surface area contributed by atoms with Gasteiger partial charge in [-0.3, -0.25) is 15.2 Å². The lowest BCUT2D eigenvalue weighted by Crippen LogP contribution is -2.23. The molecule has 0 aliphatic heterocycles. The van der Waals surface area contributed by atoms with Crippen LogP contribution in [0.5, 0.6) is 0 Å². The van der Waals surface area contributed by atoms with Crippen molar-refractivity contribution in [1.29, 1.82) is 0 Å². The van der Waals surface area contributed by atoms with Crippen LogP contribution in [0.15, 0.2) is 36.4 Å². The molecule has 2 heterocycles. The Morgan fingerprint density at radius 3 is 2.46 bits per heavy atom. The molecule has 2 aromatic heterocycles. The standard InChI is InChI=1S/C18H21N7O/c1-12-10-13(2)21-17(20-12)19-11-16(26)23-18-22-15(24-25-18)9-8-14-6-4-3-5-7-14/h3-7,10H,8-9,11H2,1-2H3,(H,19,20,21)(H2,22,23,24,25,26). The number of aromatic amines is 1. The van der Waals surface area contributed by atoms with Crippen molar-refractivity contribution in [2.75, 3.05) is 17.2 Å². The molecule has 134 valence electrons. The van der Waals surface area contributed by atoms with Crippen LogP contribution < -0.4 is 10.6 Å². The van der Waals surface area contributed by atoms with Gasteiger partial charge in [-0.2, -0.15) is 4.98 Å². The van der Waals surface area contributed by atoms with E-state index >= 15 is 0 Å². The highest BCUT2D eigenvalue weighted by Crippen LogP contribution is 2.06. The molecule has 1 amide bonds. The minimum atomic E-state index is -0.263. The number of aryl methyl sites for hydroxylation is 4. The van der Waals surface area contributed by atoms with Crippen molar-refractivity contribution in [1.82, 2.24) is 25.1 Å². The van der Waals surface area contributed by atoms with Gasteiger partial charge in [-0.05, 0) is 31.9 Å². The third-order valence-corrected chi connectivity index (χ3v) is 3.67. The number of hydrogen-bond acceptors (Lipinski definition) is 6. The van der Waals surface area contributed by atoms with E-state index < -0.39 is 0 Å². The number of nitrogens with one attached hydrogen (secondary N) is 3. The average molecular weight is 351 g/mol. The highest BCUT2D eigenvalue weighted by molar-refractivity contribution is 5.91. The minimum absolute atomic E-state index is 0.0385. The van der Waals surface area contributed by atoms with Crippen molar-refractivity contribution in [2.24, 2.45) is 0 Å². The summed E-state index contributed by atoms with van der Waals surface area (Å²) >= 11 is 0. The maximum atomic E-state index is 12.0. The zero-order valence-corrected chi connectivity index (χ0v) is 14.8. The highest BCUT2D eigenvalue weighted by atomic mass is 16.2. The lowest BCUT2D eigenvalue weighted by Gasteiger charge is -2.05. The maximum Gasteiger partial charge on any atom is 0.248 e. The van der Waals surface area contributed by atoms with Gasteiger partial charge in [0.1, 0.15) is 5.82 Å². The monoisotopic (exact) mass is 351 g/mol. The maximum absolute atomic E-state index is 12.0. The molecule has 0 spiro atoms. The summed E-state index contributed by atoms with van der Waals surface area (Å²) in [6.07, 6.45) is 1.58. The number of carbonyl (C=O) groups is 1. The first kappa shape index (κ1) is 17.5. The number of aromatic nitrogens is 5. The summed E-state index contributed by atoms with van der Waals surface area (Å²) in [7, 11) is 0. The van der Waals surface area contributed by atoms with Crippen LogP contribution in [0.4, 0.5) is 11.9 Å². The molecule has 0 aliphatic rings. The zero-order valence-electron chi connectivity index (χ0n) is 14.8. The van der Waals surface area contributed by atoms with E-state index in [4.69, 9.17) is 0 Å². The second-order valence-corrected chi connectivity index (χ2v) is 5.97. The Morgan fingerprint density at radius 2 is 1.73 bits per heavy atom. The van der Waals surface area contributed by atoms with E-state index in [9.17, 15) is 4.79 Å². The molecule has 0 saturated carbocycles. The van der Waals surface area contributed by atoms with Crippen LogP contribution in [0.2, 0.25) is 0 Å². The lowest BCUT2D eigenvalue weighted by molar-refractivity contribution is -0.114. The van der Waals surface area contributed by atoms with Crippen molar-refractivity contribution < 1.29 is 4.79 Å². The molecule has 0 bridgehead atoms. The Bertz CT molecular complexity index is 856. The van der Waals surface area contributed by atoms with E-state index in [2.05, 4.69) is 47.9 Å². The number of H-pyrrole nitrogens is 1. The fourth-order valence-corrected chi connectivity index (χ4v) is 2.50. The summed E-state index contributed by atoms with van der Waals surface area (Å²) in [6, 6.07) is 12.0. The van der Waals surface area contributed by atoms with Crippen molar-refractivity contribution >= 4 is 17.8 Å². The Hall–Kier alpha value is -3.29. The molecule has 0 fully saturated rings. The molecule has 3 N–H and O–H groups in total. The van der Waals surface area contributed by atoms with Gasteiger partial charge < -0.3 is 5.32 Å². The first-order valence-electron chi connectivity index (χ1n) is 8.40. The number of anilines is 2. The molecule has 8 heteroatoms. The van der Waals surface area contributed by atoms with E-state index in [-0.39, 0.29) is 18.4 Å². The fourth-order valence-electron chi connectivity index (χ4n) is 2.50. The number of amides is 1. The topological polar surface area (TPSA) is 108 Å². The van der Waals surface area contributed by atoms with Crippen LogP contribution in [-0.4, -0.2) is 37.6 Å². The summed E-state index contributed by atoms with van der Waals surface area (Å²) in [6.45, 7) is 3.80. The molecule has 0 radical (unpaired) electrons. The van der Waals surface area contributed by atoms with E-state index in [0.717, 1.165) is 30.1 Å². The van der Waals surface area contributed by atoms with Gasteiger partial charge in [-0.25, -0.2) is 9.97 Å². The predicted octanol–water partition coefficient (Wildman–Crippen LogP) is 2.05. The van der Waals surface area contributed by atoms with Crippen LogP contribution in [0.3, 0.4) is 0 Å². The first-order valence-corrected chi connectivity index (χ1v) is 8.40. The Balaban J connectivity index is 1.48. The van der Waals surface area contributed by atoms with Crippen molar-refractivity contribution in [3.63, 3.8) is 0 Å². The summed E-state index contributed by atoms with van der Waals surface area (Å²) < 4.78 is 0. The van der Waals surface area contributed by atoms with Gasteiger partial charge >= 0.3 is 0 Å². The number of benzene rings is 1. The normalized spacial score (nSPS) is 10.5. The molecule has 0 unspecified atom stereocenters. The van der Waals surface area contributed by atoms with E-state index in [1.54, 1.807) is 0 Å². The number of rotatable bonds is 7. The molecule has 0 saturated heterocycles. The van der Waals surface area contributed by atoms with Crippen LogP contribution in [-0.2, 0) is 17.6 Å². The molecule has 3 rings (SSSR count). The minimum Gasteiger partial charge on any atom is -0.345 e. The third-order valence-electron chi connectivity index (χ3n) is 3.67. The average Bonchev–Trinajstić information content (AvgIpc) is 3.06. The second-order valence-electron chi connectivity index (χ2n) is 5.97. The van der Waals surface area contributed by atoms with Gasteiger partial charge in [0.15, 0.2) is 0 Å². The number of nitrogens with zero attached hydrogens (tertiary/aromatic N) is 4. The van der Waals surface area contributed by atoms with Gasteiger partial charge in [-0.15, -0.1) is 5.10 Å². The number of carbonyl (C=O) groups excluding carboxylic acids is 1. The van der Waals surface area contributed by atoms with Gasteiger partial charge in [0.05, 0.1) is 6.54 Å². The van der Waals surface area contributed by atoms with E-state index in [1.165, 1.54) is 5.56 Å². The largest absolute Gasteiger partial charge is 0.345 e. The van der Waals surface area contributed by atoms with Crippen LogP contribution >= 0.6 is 0 Å². The summed E-state index contributed by atoms with van der Waals surface area (Å²) in [5.41, 5.74) is 2.92. The molecule has 8 nitrogen and oxygen atoms in total. The van der Waals surface area contributed by atoms with E-state index in [1.807, 2.05) is 38.1 Å². The Morgan fingerprint density at radius 1 is 1.00 bits per heavy atom. The van der Waals surface area contributed by atoms with E-state index in [0.29, 0.717) is 5.95 Å². The summed E-state index contributed by atoms with van der Waals surface area (Å²) in [4.78, 5) is 24.8. The molecular formula is C18H21N7O. The van der Waals surface area contributed by atoms with Crippen LogP contribution in [0.25, 0.3) is 0 Å². The molecule has 0 atom stereocenters. The second kappa shape index (κ2) is 8.19. The first-order chi connectivity index (χ1) is 12.6. The van der Waals surface area contributed by atoms with Crippen molar-refractivity contribution in [2.45, 2.75) is 26.7 Å². The highest BCUT2D eigenvalue weighted by Gasteiger charge is 2.09. The van der Waals surface area contributed by atoms with Crippen molar-refractivity contribution in [3.8, 4) is 0 Å². The van der Waals surface area contributed by atoms with Crippen molar-refractivity contribution in [3.05, 3.63) is 59.2 Å². The summed E-state index contributed by atoms with van der Waals surface area (Å²) in [5, 5.41) is 12.4. The fraction of sp³-hybridized carbons (Fsp3) is 0.278. The molecular weight excluding hydrogens is 330 g/mol. The zero-order chi connectivity index (χ0) is 18.4. The SMILES string of the molecule is Cc1cc(C)nc(NCC(=O)Nc2n[nH]c(CCc3ccccc3)n2)n1. The smallest absolute Gasteiger partial charge is 0.248 e. The molecule has 26 heavy (non-hydrogen) atoms. The molecule has 1 aromatic carbocycles. The molecule has 0 aliphatic carbocycles.